The van der Waals surface area contributed by atoms with Crippen molar-refractivity contribution in [3.8, 4) is 0 Å². The number of nitrogens with one attached hydrogen (secondary N) is 1. The second-order valence-corrected chi connectivity index (χ2v) is 1.99. The smallest absolute Gasteiger partial charge is 0.237 e. The first kappa shape index (κ1) is 8.17. The summed E-state index contributed by atoms with van der Waals surface area (Å²) in [5.41, 5.74) is 6.07. The number of hydrogen-bond donors (Lipinski definition) is 2. The Morgan fingerprint density at radius 2 is 2.22 bits per heavy atom. The minimum atomic E-state index is -0.156. The molecule has 3 heteroatoms. The molecule has 1 amide bonds. The van der Waals surface area contributed by atoms with Gasteiger partial charge in [0, 0.05) is 6.20 Å². The van der Waals surface area contributed by atoms with Crippen molar-refractivity contribution in [2.45, 2.75) is 13.8 Å². The van der Waals surface area contributed by atoms with Crippen LogP contribution >= 0.6 is 0 Å². The maximum atomic E-state index is 10.4. The highest BCUT2D eigenvalue weighted by atomic mass is 16.1. The van der Waals surface area contributed by atoms with Gasteiger partial charge in [0.05, 0.1) is 6.54 Å². The molecule has 0 rings (SSSR count). The van der Waals surface area contributed by atoms with Gasteiger partial charge < -0.3 is 11.1 Å². The maximum absolute atomic E-state index is 10.4. The van der Waals surface area contributed by atoms with Crippen LogP contribution in [0.25, 0.3) is 0 Å². The van der Waals surface area contributed by atoms with Gasteiger partial charge in [0.1, 0.15) is 0 Å². The quantitative estimate of drug-likeness (QED) is 0.549. The lowest BCUT2D eigenvalue weighted by Gasteiger charge is -1.94. The second kappa shape index (κ2) is 4.09. The molecular formula is C6H12N2O. The molecule has 9 heavy (non-hydrogen) atoms. The average Bonchev–Trinajstić information content (AvgIpc) is 1.83. The third-order valence-electron chi connectivity index (χ3n) is 0.707. The van der Waals surface area contributed by atoms with E-state index in [9.17, 15) is 4.79 Å². The van der Waals surface area contributed by atoms with Crippen molar-refractivity contribution >= 4 is 5.91 Å². The molecule has 0 saturated heterocycles. The molecule has 3 N–H and O–H groups in total. The van der Waals surface area contributed by atoms with Gasteiger partial charge in [-0.2, -0.15) is 0 Å². The van der Waals surface area contributed by atoms with E-state index in [0.29, 0.717) is 0 Å². The van der Waals surface area contributed by atoms with E-state index in [-0.39, 0.29) is 12.5 Å². The Bertz CT molecular complexity index is 125. The summed E-state index contributed by atoms with van der Waals surface area (Å²) in [7, 11) is 0. The van der Waals surface area contributed by atoms with E-state index in [0.717, 1.165) is 5.57 Å². The molecule has 0 aromatic heterocycles. The van der Waals surface area contributed by atoms with Gasteiger partial charge in [-0.25, -0.2) is 0 Å². The molecule has 0 aromatic rings. The largest absolute Gasteiger partial charge is 0.332 e. The Hall–Kier alpha value is -0.830. The minimum absolute atomic E-state index is 0.0454. The van der Waals surface area contributed by atoms with Crippen LogP contribution in [0, 0.1) is 0 Å². The molecule has 0 aliphatic rings. The number of hydrogen-bond acceptors (Lipinski definition) is 2. The van der Waals surface area contributed by atoms with Crippen molar-refractivity contribution in [2.24, 2.45) is 5.73 Å². The lowest BCUT2D eigenvalue weighted by Crippen LogP contribution is -2.25. The van der Waals surface area contributed by atoms with Crippen LogP contribution in [0.4, 0.5) is 0 Å². The van der Waals surface area contributed by atoms with Gasteiger partial charge in [-0.15, -0.1) is 0 Å². The fourth-order valence-electron chi connectivity index (χ4n) is 0.284. The summed E-state index contributed by atoms with van der Waals surface area (Å²) in [6.07, 6.45) is 1.63. The fraction of sp³-hybridized carbons (Fsp3) is 0.500. The Labute approximate surface area is 54.9 Å². The number of carbonyl (C=O) groups is 1. The van der Waals surface area contributed by atoms with Crippen LogP contribution in [0.2, 0.25) is 0 Å². The van der Waals surface area contributed by atoms with E-state index < -0.39 is 0 Å². The Morgan fingerprint density at radius 3 is 2.56 bits per heavy atom. The average molecular weight is 128 g/mol. The molecule has 0 aliphatic heterocycles. The summed E-state index contributed by atoms with van der Waals surface area (Å²) in [4.78, 5) is 10.4. The Balaban J connectivity index is 3.50. The predicted octanol–water partition coefficient (Wildman–Crippen LogP) is -0.0150. The SMILES string of the molecule is CC(C)=CNC(=O)CN. The number of rotatable bonds is 2. The van der Waals surface area contributed by atoms with Crippen molar-refractivity contribution < 1.29 is 4.79 Å². The van der Waals surface area contributed by atoms with E-state index in [4.69, 9.17) is 5.73 Å². The molecule has 0 aromatic carbocycles. The summed E-state index contributed by atoms with van der Waals surface area (Å²) < 4.78 is 0. The van der Waals surface area contributed by atoms with Crippen LogP contribution in [0.1, 0.15) is 13.8 Å². The summed E-state index contributed by atoms with van der Waals surface area (Å²) >= 11 is 0. The Kier molecular flexibility index (Phi) is 3.71. The van der Waals surface area contributed by atoms with Crippen molar-refractivity contribution in [1.29, 1.82) is 0 Å². The molecule has 0 saturated carbocycles. The molecule has 0 fully saturated rings. The van der Waals surface area contributed by atoms with E-state index in [1.54, 1.807) is 6.20 Å². The first-order chi connectivity index (χ1) is 4.16. The molecule has 0 radical (unpaired) electrons. The molecule has 0 aliphatic carbocycles. The fourth-order valence-corrected chi connectivity index (χ4v) is 0.284. The van der Waals surface area contributed by atoms with Gasteiger partial charge >= 0.3 is 0 Å². The number of carbonyl (C=O) groups excluding carboxylic acids is 1. The zero-order chi connectivity index (χ0) is 7.28. The van der Waals surface area contributed by atoms with Crippen LogP contribution in [0.3, 0.4) is 0 Å². The third kappa shape index (κ3) is 5.03. The van der Waals surface area contributed by atoms with Gasteiger partial charge in [-0.3, -0.25) is 4.79 Å². The number of amides is 1. The number of allylic oxidation sites excluding steroid dienone is 1. The summed E-state index contributed by atoms with van der Waals surface area (Å²) in [5, 5.41) is 2.51. The van der Waals surface area contributed by atoms with Crippen molar-refractivity contribution in [2.75, 3.05) is 6.54 Å². The van der Waals surface area contributed by atoms with Crippen LogP contribution < -0.4 is 11.1 Å². The number of nitrogens with two attached hydrogens (primary N) is 1. The lowest BCUT2D eigenvalue weighted by atomic mass is 10.4. The molecule has 0 unspecified atom stereocenters. The monoisotopic (exact) mass is 128 g/mol. The topological polar surface area (TPSA) is 55.1 Å². The molecule has 0 bridgehead atoms. The molecule has 0 atom stereocenters. The first-order valence-electron chi connectivity index (χ1n) is 2.79. The summed E-state index contributed by atoms with van der Waals surface area (Å²) in [6, 6.07) is 0. The zero-order valence-electron chi connectivity index (χ0n) is 5.77. The second-order valence-electron chi connectivity index (χ2n) is 1.99. The van der Waals surface area contributed by atoms with Crippen LogP contribution in [-0.2, 0) is 4.79 Å². The van der Waals surface area contributed by atoms with Crippen molar-refractivity contribution in [1.82, 2.24) is 5.32 Å². The highest BCUT2D eigenvalue weighted by molar-refractivity contribution is 5.78. The van der Waals surface area contributed by atoms with Gasteiger partial charge in [0.15, 0.2) is 0 Å². The highest BCUT2D eigenvalue weighted by Crippen LogP contribution is 1.82. The molecular weight excluding hydrogens is 116 g/mol. The Morgan fingerprint density at radius 1 is 1.67 bits per heavy atom. The molecule has 0 spiro atoms. The maximum Gasteiger partial charge on any atom is 0.237 e. The molecule has 0 heterocycles. The predicted molar refractivity (Wildman–Crippen MR) is 36.6 cm³/mol. The standard InChI is InChI=1S/C6H12N2O/c1-5(2)4-8-6(9)3-7/h4H,3,7H2,1-2H3,(H,8,9). The van der Waals surface area contributed by atoms with Crippen LogP contribution in [-0.4, -0.2) is 12.5 Å². The van der Waals surface area contributed by atoms with Crippen LogP contribution in [0.5, 0.6) is 0 Å². The first-order valence-corrected chi connectivity index (χ1v) is 2.79. The van der Waals surface area contributed by atoms with Gasteiger partial charge in [-0.1, -0.05) is 5.57 Å². The van der Waals surface area contributed by atoms with Crippen molar-refractivity contribution in [3.05, 3.63) is 11.8 Å². The normalized spacial score (nSPS) is 8.33. The van der Waals surface area contributed by atoms with Gasteiger partial charge in [-0.05, 0) is 13.8 Å². The van der Waals surface area contributed by atoms with E-state index in [1.807, 2.05) is 13.8 Å². The van der Waals surface area contributed by atoms with Gasteiger partial charge in [0.2, 0.25) is 5.91 Å². The highest BCUT2D eigenvalue weighted by Gasteiger charge is 1.89. The van der Waals surface area contributed by atoms with E-state index in [1.165, 1.54) is 0 Å². The molecule has 3 nitrogen and oxygen atoms in total. The molecule has 52 valence electrons. The summed E-state index contributed by atoms with van der Waals surface area (Å²) in [5.74, 6) is -0.156. The van der Waals surface area contributed by atoms with E-state index >= 15 is 0 Å². The van der Waals surface area contributed by atoms with Crippen molar-refractivity contribution in [3.63, 3.8) is 0 Å². The summed E-state index contributed by atoms with van der Waals surface area (Å²) in [6.45, 7) is 3.84. The lowest BCUT2D eigenvalue weighted by molar-refractivity contribution is -0.118. The minimum Gasteiger partial charge on any atom is -0.332 e. The van der Waals surface area contributed by atoms with E-state index in [2.05, 4.69) is 5.32 Å². The zero-order valence-corrected chi connectivity index (χ0v) is 5.77. The van der Waals surface area contributed by atoms with Crippen LogP contribution in [0.15, 0.2) is 11.8 Å². The third-order valence-corrected chi connectivity index (χ3v) is 0.707. The van der Waals surface area contributed by atoms with Gasteiger partial charge in [0.25, 0.3) is 0 Å².